The van der Waals surface area contributed by atoms with Crippen molar-refractivity contribution in [1.29, 1.82) is 0 Å². The first-order valence-corrected chi connectivity index (χ1v) is 6.99. The minimum Gasteiger partial charge on any atom is -0.368 e. The zero-order chi connectivity index (χ0) is 14.8. The fourth-order valence-corrected chi connectivity index (χ4v) is 2.57. The molecule has 1 amide bonds. The maximum absolute atomic E-state index is 11.6. The van der Waals surface area contributed by atoms with Crippen LogP contribution in [0, 0.1) is 0 Å². The number of aromatic nitrogens is 5. The quantitative estimate of drug-likeness (QED) is 0.888. The molecule has 0 bridgehead atoms. The van der Waals surface area contributed by atoms with Crippen LogP contribution in [0.5, 0.6) is 0 Å². The zero-order valence-corrected chi connectivity index (χ0v) is 11.9. The summed E-state index contributed by atoms with van der Waals surface area (Å²) in [6.07, 6.45) is 7.49. The van der Waals surface area contributed by atoms with E-state index in [-0.39, 0.29) is 11.2 Å². The van der Waals surface area contributed by atoms with Crippen molar-refractivity contribution < 1.29 is 4.79 Å². The Balaban J connectivity index is 1.99. The number of hydrogen-bond acceptors (Lipinski definition) is 6. The molecule has 0 aromatic carbocycles. The number of anilines is 1. The minimum absolute atomic E-state index is 0.0671. The first-order valence-electron chi connectivity index (χ1n) is 6.61. The van der Waals surface area contributed by atoms with Crippen molar-refractivity contribution >= 4 is 23.5 Å². The second kappa shape index (κ2) is 5.65. The van der Waals surface area contributed by atoms with E-state index in [1.807, 2.05) is 0 Å². The van der Waals surface area contributed by atoms with Gasteiger partial charge in [-0.3, -0.25) is 9.36 Å². The topological polar surface area (TPSA) is 103 Å². The van der Waals surface area contributed by atoms with Gasteiger partial charge in [-0.1, -0.05) is 0 Å². The molecule has 3 rings (SSSR count). The molecule has 2 aromatic rings. The van der Waals surface area contributed by atoms with Crippen molar-refractivity contribution in [3.63, 3.8) is 0 Å². The van der Waals surface area contributed by atoms with Gasteiger partial charge in [0.1, 0.15) is 12.4 Å². The fourth-order valence-electron chi connectivity index (χ4n) is 2.42. The van der Waals surface area contributed by atoms with Gasteiger partial charge < -0.3 is 10.6 Å². The van der Waals surface area contributed by atoms with Crippen LogP contribution in [-0.4, -0.2) is 43.0 Å². The molecular weight excluding hydrogens is 294 g/mol. The maximum atomic E-state index is 11.6. The van der Waals surface area contributed by atoms with Crippen molar-refractivity contribution in [2.75, 3.05) is 11.4 Å². The molecule has 1 aliphatic rings. The van der Waals surface area contributed by atoms with E-state index in [1.54, 1.807) is 28.2 Å². The lowest BCUT2D eigenvalue weighted by Crippen LogP contribution is -2.48. The Labute approximate surface area is 126 Å². The number of imidazole rings is 1. The van der Waals surface area contributed by atoms with Crippen LogP contribution >= 0.6 is 11.6 Å². The monoisotopic (exact) mass is 307 g/mol. The molecule has 0 saturated carbocycles. The van der Waals surface area contributed by atoms with Crippen molar-refractivity contribution in [3.05, 3.63) is 24.0 Å². The second-order valence-electron chi connectivity index (χ2n) is 4.78. The second-order valence-corrected chi connectivity index (χ2v) is 5.12. The Morgan fingerprint density at radius 1 is 1.29 bits per heavy atom. The Morgan fingerprint density at radius 2 is 2.10 bits per heavy atom. The molecule has 8 nitrogen and oxygen atoms in total. The van der Waals surface area contributed by atoms with Gasteiger partial charge in [0.25, 0.3) is 0 Å². The number of nitrogens with two attached hydrogens (primary N) is 1. The molecule has 3 heterocycles. The van der Waals surface area contributed by atoms with E-state index in [1.165, 1.54) is 0 Å². The molecule has 1 fully saturated rings. The van der Waals surface area contributed by atoms with Gasteiger partial charge in [0.2, 0.25) is 23.1 Å². The normalized spacial score (nSPS) is 18.7. The third-order valence-corrected chi connectivity index (χ3v) is 3.58. The minimum atomic E-state index is -0.409. The molecule has 21 heavy (non-hydrogen) atoms. The lowest BCUT2D eigenvalue weighted by atomic mass is 10.0. The highest BCUT2D eigenvalue weighted by Crippen LogP contribution is 2.23. The molecule has 0 spiro atoms. The summed E-state index contributed by atoms with van der Waals surface area (Å²) >= 11 is 5.97. The van der Waals surface area contributed by atoms with E-state index in [9.17, 15) is 4.79 Å². The number of rotatable bonds is 3. The van der Waals surface area contributed by atoms with E-state index in [0.717, 1.165) is 12.8 Å². The van der Waals surface area contributed by atoms with Gasteiger partial charge in [-0.15, -0.1) is 0 Å². The van der Waals surface area contributed by atoms with Crippen molar-refractivity contribution in [2.45, 2.75) is 25.3 Å². The standard InChI is InChI=1S/C12H14ClN7O/c13-10-16-11(19-6-4-15-7-19)18-12(17-10)20-5-2-1-3-8(20)9(14)21/h4,6-8H,1-3,5H2,(H2,14,21). The third-order valence-electron chi connectivity index (χ3n) is 3.41. The highest BCUT2D eigenvalue weighted by Gasteiger charge is 2.29. The van der Waals surface area contributed by atoms with Gasteiger partial charge in [-0.05, 0) is 30.9 Å². The summed E-state index contributed by atoms with van der Waals surface area (Å²) in [7, 11) is 0. The first kappa shape index (κ1) is 13.7. The Hall–Kier alpha value is -2.22. The molecule has 1 saturated heterocycles. The number of carbonyl (C=O) groups is 1. The van der Waals surface area contributed by atoms with E-state index in [0.29, 0.717) is 24.9 Å². The van der Waals surface area contributed by atoms with E-state index in [2.05, 4.69) is 19.9 Å². The predicted molar refractivity (Wildman–Crippen MR) is 76.1 cm³/mol. The Bertz CT molecular complexity index is 645. The van der Waals surface area contributed by atoms with Gasteiger partial charge in [-0.2, -0.15) is 15.0 Å². The number of primary amides is 1. The van der Waals surface area contributed by atoms with Crippen molar-refractivity contribution in [1.82, 2.24) is 24.5 Å². The van der Waals surface area contributed by atoms with Gasteiger partial charge >= 0.3 is 0 Å². The first-order chi connectivity index (χ1) is 10.1. The van der Waals surface area contributed by atoms with E-state index in [4.69, 9.17) is 17.3 Å². The number of piperidine rings is 1. The Kier molecular flexibility index (Phi) is 3.70. The summed E-state index contributed by atoms with van der Waals surface area (Å²) in [6.45, 7) is 0.664. The summed E-state index contributed by atoms with van der Waals surface area (Å²) in [5, 5.41) is 0.0671. The van der Waals surface area contributed by atoms with Crippen LogP contribution in [0.2, 0.25) is 5.28 Å². The third kappa shape index (κ3) is 2.80. The largest absolute Gasteiger partial charge is 0.368 e. The van der Waals surface area contributed by atoms with E-state index >= 15 is 0 Å². The van der Waals surface area contributed by atoms with E-state index < -0.39 is 6.04 Å². The van der Waals surface area contributed by atoms with Gasteiger partial charge in [0.15, 0.2) is 0 Å². The molecule has 2 N–H and O–H groups in total. The lowest BCUT2D eigenvalue weighted by molar-refractivity contribution is -0.119. The fraction of sp³-hybridized carbons (Fsp3) is 0.417. The molecule has 0 radical (unpaired) electrons. The number of amides is 1. The lowest BCUT2D eigenvalue weighted by Gasteiger charge is -2.33. The molecule has 110 valence electrons. The average molecular weight is 308 g/mol. The van der Waals surface area contributed by atoms with Crippen LogP contribution in [-0.2, 0) is 4.79 Å². The Morgan fingerprint density at radius 3 is 2.81 bits per heavy atom. The summed E-state index contributed by atoms with van der Waals surface area (Å²) in [6, 6.07) is -0.409. The summed E-state index contributed by atoms with van der Waals surface area (Å²) in [4.78, 5) is 29.9. The van der Waals surface area contributed by atoms with Crippen LogP contribution < -0.4 is 10.6 Å². The molecule has 0 aliphatic carbocycles. The number of nitrogens with zero attached hydrogens (tertiary/aromatic N) is 6. The predicted octanol–water partition coefficient (Wildman–Crippen LogP) is 0.555. The number of carbonyl (C=O) groups excluding carboxylic acids is 1. The molecular formula is C12H14ClN7O. The van der Waals surface area contributed by atoms with Crippen LogP contribution in [0.3, 0.4) is 0 Å². The van der Waals surface area contributed by atoms with Gasteiger partial charge in [0, 0.05) is 18.9 Å². The highest BCUT2D eigenvalue weighted by atomic mass is 35.5. The molecule has 1 atom stereocenters. The average Bonchev–Trinajstić information content (AvgIpc) is 3.01. The van der Waals surface area contributed by atoms with Gasteiger partial charge in [0.05, 0.1) is 0 Å². The SMILES string of the molecule is NC(=O)C1CCCCN1c1nc(Cl)nc(-n2ccnc2)n1. The molecule has 9 heteroatoms. The van der Waals surface area contributed by atoms with Crippen molar-refractivity contribution in [2.24, 2.45) is 5.73 Å². The summed E-state index contributed by atoms with van der Waals surface area (Å²) in [5.41, 5.74) is 5.47. The van der Waals surface area contributed by atoms with Crippen LogP contribution in [0.4, 0.5) is 5.95 Å². The van der Waals surface area contributed by atoms with Crippen molar-refractivity contribution in [3.8, 4) is 5.95 Å². The smallest absolute Gasteiger partial charge is 0.241 e. The number of halogens is 1. The molecule has 1 unspecified atom stereocenters. The summed E-state index contributed by atoms with van der Waals surface area (Å²) < 4.78 is 1.63. The maximum Gasteiger partial charge on any atom is 0.241 e. The molecule has 1 aliphatic heterocycles. The zero-order valence-electron chi connectivity index (χ0n) is 11.2. The summed E-state index contributed by atoms with van der Waals surface area (Å²) in [5.74, 6) is 0.342. The van der Waals surface area contributed by atoms with Gasteiger partial charge in [-0.25, -0.2) is 4.98 Å². The van der Waals surface area contributed by atoms with Crippen LogP contribution in [0.25, 0.3) is 5.95 Å². The number of hydrogen-bond donors (Lipinski definition) is 1. The van der Waals surface area contributed by atoms with Crippen LogP contribution in [0.1, 0.15) is 19.3 Å². The highest BCUT2D eigenvalue weighted by molar-refractivity contribution is 6.28. The van der Waals surface area contributed by atoms with Crippen LogP contribution in [0.15, 0.2) is 18.7 Å². The molecule has 2 aromatic heterocycles.